The monoisotopic (exact) mass is 449 g/mol. The predicted octanol–water partition coefficient (Wildman–Crippen LogP) is 3.25. The number of likely N-dealkylation sites (tertiary alicyclic amines) is 1. The molecule has 0 bridgehead atoms. The fraction of sp³-hybridized carbons (Fsp3) is 0.524. The van der Waals surface area contributed by atoms with E-state index in [0.717, 1.165) is 31.4 Å². The minimum atomic E-state index is -0.916. The second-order valence-electron chi connectivity index (χ2n) is 7.62. The second-order valence-corrected chi connectivity index (χ2v) is 9.30. The third kappa shape index (κ3) is 5.31. The first-order valence-corrected chi connectivity index (χ1v) is 11.5. The number of thioether (sulfide) groups is 1. The summed E-state index contributed by atoms with van der Waals surface area (Å²) in [7, 11) is 1.93. The first kappa shape index (κ1) is 22.6. The van der Waals surface area contributed by atoms with Crippen LogP contribution in [-0.4, -0.2) is 60.7 Å². The molecule has 0 aromatic carbocycles. The zero-order valence-electron chi connectivity index (χ0n) is 17.1. The van der Waals surface area contributed by atoms with Gasteiger partial charge in [0.15, 0.2) is 0 Å². The van der Waals surface area contributed by atoms with Crippen molar-refractivity contribution in [3.63, 3.8) is 0 Å². The van der Waals surface area contributed by atoms with Crippen molar-refractivity contribution in [3.05, 3.63) is 28.9 Å². The number of aliphatic carboxylic acids is 1. The number of hydrogen-bond acceptors (Lipinski definition) is 5. The number of carboxylic acid groups (broad SMARTS) is 1. The molecule has 0 saturated carbocycles. The molecule has 1 aromatic rings. The van der Waals surface area contributed by atoms with E-state index in [9.17, 15) is 19.5 Å². The summed E-state index contributed by atoms with van der Waals surface area (Å²) in [6.07, 6.45) is 8.58. The summed E-state index contributed by atoms with van der Waals surface area (Å²) in [4.78, 5) is 40.2. The Morgan fingerprint density at radius 1 is 1.30 bits per heavy atom. The number of carbonyl (C=O) groups excluding carboxylic acids is 2. The highest BCUT2D eigenvalue weighted by molar-refractivity contribution is 8.26. The number of piperidine rings is 1. The largest absolute Gasteiger partial charge is 0.480 e. The molecule has 1 atom stereocenters. The van der Waals surface area contributed by atoms with Crippen LogP contribution in [0, 0.1) is 0 Å². The molecule has 2 saturated heterocycles. The van der Waals surface area contributed by atoms with Crippen molar-refractivity contribution in [1.82, 2.24) is 14.4 Å². The molecular weight excluding hydrogens is 422 g/mol. The topological polar surface area (TPSA) is 82.8 Å². The summed E-state index contributed by atoms with van der Waals surface area (Å²) < 4.78 is 2.51. The van der Waals surface area contributed by atoms with E-state index in [0.29, 0.717) is 41.6 Å². The Morgan fingerprint density at radius 2 is 2.10 bits per heavy atom. The van der Waals surface area contributed by atoms with E-state index in [2.05, 4.69) is 0 Å². The third-order valence-electron chi connectivity index (χ3n) is 5.52. The number of aromatic nitrogens is 1. The Balaban J connectivity index is 1.43. The van der Waals surface area contributed by atoms with Crippen LogP contribution in [0.3, 0.4) is 0 Å². The number of rotatable bonds is 8. The van der Waals surface area contributed by atoms with E-state index >= 15 is 0 Å². The number of carbonyl (C=O) groups is 3. The van der Waals surface area contributed by atoms with Gasteiger partial charge in [-0.1, -0.05) is 30.4 Å². The Morgan fingerprint density at radius 3 is 2.80 bits per heavy atom. The van der Waals surface area contributed by atoms with Gasteiger partial charge in [0.05, 0.1) is 4.91 Å². The Bertz CT molecular complexity index is 864. The lowest BCUT2D eigenvalue weighted by molar-refractivity contribution is -0.152. The SMILES string of the molecule is Cn1cccc1C=C1SC(=S)N(CCCCCC(=O)N2CCCCC2C(=O)O)C1=O. The van der Waals surface area contributed by atoms with Crippen LogP contribution < -0.4 is 0 Å². The van der Waals surface area contributed by atoms with Gasteiger partial charge in [-0.3, -0.25) is 14.5 Å². The van der Waals surface area contributed by atoms with Crippen LogP contribution in [0.15, 0.2) is 23.2 Å². The first-order chi connectivity index (χ1) is 14.4. The molecule has 2 fully saturated rings. The van der Waals surface area contributed by atoms with Crippen molar-refractivity contribution in [3.8, 4) is 0 Å². The first-order valence-electron chi connectivity index (χ1n) is 10.3. The second kappa shape index (κ2) is 10.3. The van der Waals surface area contributed by atoms with E-state index < -0.39 is 12.0 Å². The maximum absolute atomic E-state index is 12.7. The highest BCUT2D eigenvalue weighted by atomic mass is 32.2. The van der Waals surface area contributed by atoms with Gasteiger partial charge >= 0.3 is 5.97 Å². The fourth-order valence-corrected chi connectivity index (χ4v) is 5.10. The minimum absolute atomic E-state index is 0.0695. The van der Waals surface area contributed by atoms with Gasteiger partial charge in [-0.25, -0.2) is 4.79 Å². The molecule has 1 aromatic heterocycles. The molecule has 0 radical (unpaired) electrons. The summed E-state index contributed by atoms with van der Waals surface area (Å²) in [6, 6.07) is 3.19. The van der Waals surface area contributed by atoms with E-state index in [1.54, 1.807) is 4.90 Å². The van der Waals surface area contributed by atoms with Gasteiger partial charge in [-0.2, -0.15) is 0 Å². The number of thiocarbonyl (C=S) groups is 1. The number of amides is 2. The number of nitrogens with zero attached hydrogens (tertiary/aromatic N) is 3. The lowest BCUT2D eigenvalue weighted by Gasteiger charge is -2.33. The standard InChI is InChI=1S/C21H27N3O4S2/c1-22-11-7-8-15(22)14-17-19(26)24(21(29)30-17)13-5-2-3-10-18(25)23-12-6-4-9-16(23)20(27)28/h7-8,11,14,16H,2-6,9-10,12-13H2,1H3,(H,27,28). The smallest absolute Gasteiger partial charge is 0.326 e. The molecule has 2 amide bonds. The molecule has 7 nitrogen and oxygen atoms in total. The molecule has 1 unspecified atom stereocenters. The van der Waals surface area contributed by atoms with Crippen molar-refractivity contribution >= 4 is 52.2 Å². The highest BCUT2D eigenvalue weighted by Gasteiger charge is 2.32. The highest BCUT2D eigenvalue weighted by Crippen LogP contribution is 2.32. The van der Waals surface area contributed by atoms with Gasteiger partial charge in [0.25, 0.3) is 5.91 Å². The molecule has 0 spiro atoms. The van der Waals surface area contributed by atoms with Gasteiger partial charge in [-0.05, 0) is 50.3 Å². The molecule has 3 heterocycles. The summed E-state index contributed by atoms with van der Waals surface area (Å²) in [5.41, 5.74) is 0.950. The van der Waals surface area contributed by atoms with Crippen LogP contribution in [-0.2, 0) is 21.4 Å². The van der Waals surface area contributed by atoms with Crippen molar-refractivity contribution in [2.75, 3.05) is 13.1 Å². The van der Waals surface area contributed by atoms with Crippen molar-refractivity contribution in [2.24, 2.45) is 7.05 Å². The van der Waals surface area contributed by atoms with Crippen LogP contribution in [0.25, 0.3) is 6.08 Å². The third-order valence-corrected chi connectivity index (χ3v) is 6.89. The molecule has 9 heteroatoms. The fourth-order valence-electron chi connectivity index (χ4n) is 3.80. The van der Waals surface area contributed by atoms with Crippen molar-refractivity contribution < 1.29 is 19.5 Å². The summed E-state index contributed by atoms with van der Waals surface area (Å²) in [5.74, 6) is -1.07. The molecule has 162 valence electrons. The van der Waals surface area contributed by atoms with E-state index in [1.807, 2.05) is 36.0 Å². The normalized spacial score (nSPS) is 21.0. The lowest BCUT2D eigenvalue weighted by Crippen LogP contribution is -2.47. The molecular formula is C21H27N3O4S2. The average molecular weight is 450 g/mol. The van der Waals surface area contributed by atoms with Crippen LogP contribution in [0.2, 0.25) is 0 Å². The Labute approximate surface area is 186 Å². The van der Waals surface area contributed by atoms with Gasteiger partial charge in [0.2, 0.25) is 5.91 Å². The maximum atomic E-state index is 12.7. The van der Waals surface area contributed by atoms with Crippen LogP contribution in [0.1, 0.15) is 50.6 Å². The van der Waals surface area contributed by atoms with Crippen LogP contribution in [0.4, 0.5) is 0 Å². The summed E-state index contributed by atoms with van der Waals surface area (Å²) >= 11 is 6.69. The van der Waals surface area contributed by atoms with Crippen molar-refractivity contribution in [2.45, 2.75) is 51.0 Å². The molecule has 2 aliphatic rings. The zero-order chi connectivity index (χ0) is 21.7. The van der Waals surface area contributed by atoms with E-state index in [1.165, 1.54) is 16.7 Å². The zero-order valence-corrected chi connectivity index (χ0v) is 18.7. The molecule has 2 aliphatic heterocycles. The van der Waals surface area contributed by atoms with Crippen LogP contribution in [0.5, 0.6) is 0 Å². The van der Waals surface area contributed by atoms with Crippen molar-refractivity contribution in [1.29, 1.82) is 0 Å². The summed E-state index contributed by atoms with van der Waals surface area (Å²) in [5, 5.41) is 9.30. The van der Waals surface area contributed by atoms with Crippen LogP contribution >= 0.6 is 24.0 Å². The van der Waals surface area contributed by atoms with Gasteiger partial charge in [0, 0.05) is 38.4 Å². The van der Waals surface area contributed by atoms with E-state index in [-0.39, 0.29) is 11.8 Å². The number of aryl methyl sites for hydroxylation is 1. The average Bonchev–Trinajstić information content (AvgIpc) is 3.24. The Hall–Kier alpha value is -2.13. The number of carboxylic acids is 1. The van der Waals surface area contributed by atoms with E-state index in [4.69, 9.17) is 12.2 Å². The lowest BCUT2D eigenvalue weighted by atomic mass is 10.0. The Kier molecular flexibility index (Phi) is 7.71. The summed E-state index contributed by atoms with van der Waals surface area (Å²) in [6.45, 7) is 1.06. The molecule has 30 heavy (non-hydrogen) atoms. The molecule has 3 rings (SSSR count). The van der Waals surface area contributed by atoms with Gasteiger partial charge in [0.1, 0.15) is 10.4 Å². The minimum Gasteiger partial charge on any atom is -0.480 e. The number of unbranched alkanes of at least 4 members (excludes halogenated alkanes) is 2. The number of hydrogen-bond donors (Lipinski definition) is 1. The maximum Gasteiger partial charge on any atom is 0.326 e. The molecule has 1 N–H and O–H groups in total. The predicted molar refractivity (Wildman–Crippen MR) is 121 cm³/mol. The quantitative estimate of drug-likeness (QED) is 0.373. The molecule has 0 aliphatic carbocycles. The van der Waals surface area contributed by atoms with Gasteiger partial charge in [-0.15, -0.1) is 0 Å². The van der Waals surface area contributed by atoms with Gasteiger partial charge < -0.3 is 14.6 Å².